The lowest BCUT2D eigenvalue weighted by atomic mass is 9.56. The van der Waals surface area contributed by atoms with Crippen LogP contribution >= 0.6 is 0 Å². The van der Waals surface area contributed by atoms with Gasteiger partial charge in [0.15, 0.2) is 0 Å². The first-order valence-corrected chi connectivity index (χ1v) is 9.50. The molecule has 0 amide bonds. The number of fused-ring (bicyclic) bond motifs is 3. The van der Waals surface area contributed by atoms with Crippen LogP contribution in [0, 0.1) is 0 Å². The SMILES string of the molecule is COCCOC12CCC(c3ccc(OC/C(=C/F)CN)cc3)(CC1)CC2. The third kappa shape index (κ3) is 4.11. The summed E-state index contributed by atoms with van der Waals surface area (Å²) in [4.78, 5) is 0. The van der Waals surface area contributed by atoms with Crippen LogP contribution in [0.15, 0.2) is 36.2 Å². The van der Waals surface area contributed by atoms with Gasteiger partial charge in [0, 0.05) is 19.2 Å². The summed E-state index contributed by atoms with van der Waals surface area (Å²) in [7, 11) is 1.71. The predicted octanol–water partition coefficient (Wildman–Crippen LogP) is 3.88. The molecule has 0 aliphatic heterocycles. The van der Waals surface area contributed by atoms with Crippen LogP contribution in [0.2, 0.25) is 0 Å². The van der Waals surface area contributed by atoms with E-state index >= 15 is 0 Å². The number of ether oxygens (including phenoxy) is 3. The third-order valence-corrected chi connectivity index (χ3v) is 6.18. The molecule has 1 aromatic carbocycles. The third-order valence-electron chi connectivity index (χ3n) is 6.18. The van der Waals surface area contributed by atoms with Gasteiger partial charge in [-0.05, 0) is 61.6 Å². The van der Waals surface area contributed by atoms with Crippen molar-refractivity contribution in [3.8, 4) is 5.75 Å². The minimum absolute atomic E-state index is 0.0701. The van der Waals surface area contributed by atoms with Crippen molar-refractivity contribution < 1.29 is 18.6 Å². The van der Waals surface area contributed by atoms with Gasteiger partial charge in [-0.15, -0.1) is 0 Å². The highest BCUT2D eigenvalue weighted by molar-refractivity contribution is 5.34. The second-order valence-electron chi connectivity index (χ2n) is 7.59. The maximum Gasteiger partial charge on any atom is 0.119 e. The zero-order chi connectivity index (χ0) is 18.5. The van der Waals surface area contributed by atoms with Crippen LogP contribution < -0.4 is 10.5 Å². The maximum absolute atomic E-state index is 12.6. The second kappa shape index (κ2) is 8.51. The molecule has 0 unspecified atom stereocenters. The highest BCUT2D eigenvalue weighted by Gasteiger charge is 2.49. The average molecular weight is 363 g/mol. The van der Waals surface area contributed by atoms with E-state index in [4.69, 9.17) is 19.9 Å². The molecule has 4 rings (SSSR count). The van der Waals surface area contributed by atoms with Crippen LogP contribution in [-0.2, 0) is 14.9 Å². The smallest absolute Gasteiger partial charge is 0.119 e. The molecule has 3 aliphatic carbocycles. The zero-order valence-corrected chi connectivity index (χ0v) is 15.6. The summed E-state index contributed by atoms with van der Waals surface area (Å²) in [5.41, 5.74) is 7.63. The Morgan fingerprint density at radius 1 is 1.08 bits per heavy atom. The van der Waals surface area contributed by atoms with E-state index in [2.05, 4.69) is 12.1 Å². The molecular formula is C21H30FNO3. The Morgan fingerprint density at radius 3 is 2.27 bits per heavy atom. The predicted molar refractivity (Wildman–Crippen MR) is 100 cm³/mol. The molecule has 3 fully saturated rings. The van der Waals surface area contributed by atoms with Gasteiger partial charge in [-0.2, -0.15) is 0 Å². The monoisotopic (exact) mass is 363 g/mol. The van der Waals surface area contributed by atoms with Crippen LogP contribution in [0.1, 0.15) is 44.1 Å². The number of hydrogen-bond donors (Lipinski definition) is 1. The van der Waals surface area contributed by atoms with Crippen molar-refractivity contribution in [2.24, 2.45) is 5.73 Å². The summed E-state index contributed by atoms with van der Waals surface area (Å²) in [6.07, 6.45) is 7.40. The molecule has 144 valence electrons. The van der Waals surface area contributed by atoms with E-state index < -0.39 is 0 Å². The van der Waals surface area contributed by atoms with Crippen molar-refractivity contribution in [3.05, 3.63) is 41.7 Å². The number of nitrogens with two attached hydrogens (primary N) is 1. The molecule has 5 heteroatoms. The Labute approximate surface area is 155 Å². The summed E-state index contributed by atoms with van der Waals surface area (Å²) in [6.45, 7) is 1.72. The molecule has 0 radical (unpaired) electrons. The van der Waals surface area contributed by atoms with Crippen LogP contribution in [0.3, 0.4) is 0 Å². The number of methoxy groups -OCH3 is 1. The van der Waals surface area contributed by atoms with Crippen molar-refractivity contribution >= 4 is 0 Å². The van der Waals surface area contributed by atoms with E-state index in [1.165, 1.54) is 24.8 Å². The van der Waals surface area contributed by atoms with Crippen molar-refractivity contribution in [1.29, 1.82) is 0 Å². The molecular weight excluding hydrogens is 333 g/mol. The van der Waals surface area contributed by atoms with Gasteiger partial charge in [0.2, 0.25) is 0 Å². The van der Waals surface area contributed by atoms with E-state index in [0.29, 0.717) is 25.1 Å². The zero-order valence-electron chi connectivity index (χ0n) is 15.6. The largest absolute Gasteiger partial charge is 0.489 e. The molecule has 0 heterocycles. The van der Waals surface area contributed by atoms with Gasteiger partial charge < -0.3 is 19.9 Å². The van der Waals surface area contributed by atoms with Gasteiger partial charge in [0.05, 0.1) is 25.1 Å². The van der Waals surface area contributed by atoms with Gasteiger partial charge in [-0.25, -0.2) is 4.39 Å². The summed E-state index contributed by atoms with van der Waals surface area (Å²) in [5, 5.41) is 0. The number of hydrogen-bond acceptors (Lipinski definition) is 4. The Morgan fingerprint density at radius 2 is 1.73 bits per heavy atom. The fourth-order valence-corrected chi connectivity index (χ4v) is 4.36. The Balaban J connectivity index is 1.59. The van der Waals surface area contributed by atoms with Gasteiger partial charge >= 0.3 is 0 Å². The van der Waals surface area contributed by atoms with Crippen LogP contribution in [0.25, 0.3) is 0 Å². The van der Waals surface area contributed by atoms with Crippen molar-refractivity contribution in [2.45, 2.75) is 49.5 Å². The van der Waals surface area contributed by atoms with Crippen molar-refractivity contribution in [1.82, 2.24) is 0 Å². The lowest BCUT2D eigenvalue weighted by molar-refractivity contribution is -0.127. The fourth-order valence-electron chi connectivity index (χ4n) is 4.36. The first-order valence-electron chi connectivity index (χ1n) is 9.50. The molecule has 4 nitrogen and oxygen atoms in total. The second-order valence-corrected chi connectivity index (χ2v) is 7.59. The molecule has 1 aromatic rings. The summed E-state index contributed by atoms with van der Waals surface area (Å²) in [6, 6.07) is 8.31. The molecule has 0 saturated heterocycles. The fraction of sp³-hybridized carbons (Fsp3) is 0.619. The maximum atomic E-state index is 12.6. The van der Waals surface area contributed by atoms with E-state index in [9.17, 15) is 4.39 Å². The highest BCUT2D eigenvalue weighted by atomic mass is 19.1. The molecule has 2 bridgehead atoms. The Kier molecular flexibility index (Phi) is 6.33. The van der Waals surface area contributed by atoms with E-state index in [0.717, 1.165) is 25.0 Å². The molecule has 2 N–H and O–H groups in total. The Hall–Kier alpha value is -1.43. The number of halogens is 1. The minimum Gasteiger partial charge on any atom is -0.489 e. The van der Waals surface area contributed by atoms with Crippen LogP contribution in [0.5, 0.6) is 5.75 Å². The first kappa shape index (κ1) is 19.3. The van der Waals surface area contributed by atoms with Crippen molar-refractivity contribution in [3.63, 3.8) is 0 Å². The Bertz CT molecular complexity index is 590. The first-order chi connectivity index (χ1) is 12.7. The van der Waals surface area contributed by atoms with Gasteiger partial charge in [0.25, 0.3) is 0 Å². The summed E-state index contributed by atoms with van der Waals surface area (Å²) in [5.74, 6) is 0.752. The highest BCUT2D eigenvalue weighted by Crippen LogP contribution is 2.55. The number of benzene rings is 1. The van der Waals surface area contributed by atoms with Crippen LogP contribution in [0.4, 0.5) is 4.39 Å². The van der Waals surface area contributed by atoms with E-state index in [1.54, 1.807) is 7.11 Å². The quantitative estimate of drug-likeness (QED) is 0.677. The molecule has 3 saturated carbocycles. The molecule has 0 aromatic heterocycles. The van der Waals surface area contributed by atoms with E-state index in [1.807, 2.05) is 12.1 Å². The molecule has 26 heavy (non-hydrogen) atoms. The number of rotatable bonds is 9. The van der Waals surface area contributed by atoms with Gasteiger partial charge in [-0.1, -0.05) is 12.1 Å². The lowest BCUT2D eigenvalue weighted by Crippen LogP contribution is -2.50. The summed E-state index contributed by atoms with van der Waals surface area (Å²) < 4.78 is 29.5. The molecule has 3 aliphatic rings. The standard InChI is InChI=1S/C21H30FNO3/c1-24-12-13-26-21-9-6-20(7-10-21,8-11-21)18-2-4-19(5-3-18)25-16-17(14-22)15-23/h2-5,14H,6-13,15-16,23H2,1H3/b17-14+. The molecule has 0 spiro atoms. The van der Waals surface area contributed by atoms with Gasteiger partial charge in [-0.3, -0.25) is 0 Å². The van der Waals surface area contributed by atoms with E-state index in [-0.39, 0.29) is 24.2 Å². The van der Waals surface area contributed by atoms with Crippen LogP contribution in [-0.4, -0.2) is 39.1 Å². The minimum atomic E-state index is 0.0701. The summed E-state index contributed by atoms with van der Waals surface area (Å²) >= 11 is 0. The van der Waals surface area contributed by atoms with Crippen molar-refractivity contribution in [2.75, 3.05) is 33.5 Å². The lowest BCUT2D eigenvalue weighted by Gasteiger charge is -2.53. The average Bonchev–Trinajstić information content (AvgIpc) is 2.71. The molecule has 0 atom stereocenters. The topological polar surface area (TPSA) is 53.7 Å². The normalized spacial score (nSPS) is 28.3. The van der Waals surface area contributed by atoms with Gasteiger partial charge in [0.1, 0.15) is 12.4 Å².